The van der Waals surface area contributed by atoms with E-state index in [0.717, 1.165) is 29.5 Å². The molecule has 1 rings (SSSR count). The quantitative estimate of drug-likeness (QED) is 0.724. The molecule has 5 heteroatoms. The predicted molar refractivity (Wildman–Crippen MR) is 69.0 cm³/mol. The summed E-state index contributed by atoms with van der Waals surface area (Å²) >= 11 is 0. The normalized spacial score (nSPS) is 10.0. The minimum absolute atomic E-state index is 0.390. The number of anilines is 3. The molecule has 1 aromatic rings. The van der Waals surface area contributed by atoms with Crippen LogP contribution in [0.4, 0.5) is 17.2 Å². The predicted octanol–water partition coefficient (Wildman–Crippen LogP) is 2.27. The van der Waals surface area contributed by atoms with Crippen molar-refractivity contribution >= 4 is 17.2 Å². The molecule has 0 aliphatic rings. The molecule has 0 amide bonds. The van der Waals surface area contributed by atoms with Crippen LogP contribution in [-0.2, 0) is 0 Å². The zero-order valence-electron chi connectivity index (χ0n) is 10.1. The SMILES string of the molecule is CCNc1ccnc(N([O-])CC)c1NCC. The number of hydroxylamine groups is 1. The molecule has 5 nitrogen and oxygen atoms in total. The molecule has 0 aliphatic heterocycles. The molecule has 16 heavy (non-hydrogen) atoms. The lowest BCUT2D eigenvalue weighted by Crippen LogP contribution is -2.18. The fourth-order valence-corrected chi connectivity index (χ4v) is 1.48. The Balaban J connectivity index is 3.09. The number of hydrogen-bond donors (Lipinski definition) is 2. The number of nitrogens with one attached hydrogen (secondary N) is 2. The van der Waals surface area contributed by atoms with E-state index in [1.807, 2.05) is 26.8 Å². The summed E-state index contributed by atoms with van der Waals surface area (Å²) < 4.78 is 0. The molecule has 0 saturated carbocycles. The third-order valence-electron chi connectivity index (χ3n) is 2.18. The maximum atomic E-state index is 11.7. The van der Waals surface area contributed by atoms with Crippen LogP contribution < -0.4 is 15.7 Å². The lowest BCUT2D eigenvalue weighted by molar-refractivity contribution is 0.984. The maximum absolute atomic E-state index is 11.7. The number of nitrogens with zero attached hydrogens (tertiary/aromatic N) is 2. The van der Waals surface area contributed by atoms with Gasteiger partial charge in [0, 0.05) is 25.8 Å². The van der Waals surface area contributed by atoms with Gasteiger partial charge in [-0.2, -0.15) is 0 Å². The second-order valence-corrected chi connectivity index (χ2v) is 3.31. The van der Waals surface area contributed by atoms with E-state index < -0.39 is 0 Å². The van der Waals surface area contributed by atoms with Gasteiger partial charge in [0.05, 0.1) is 5.69 Å². The first-order valence-electron chi connectivity index (χ1n) is 5.65. The van der Waals surface area contributed by atoms with Gasteiger partial charge in [0.2, 0.25) is 0 Å². The van der Waals surface area contributed by atoms with E-state index in [4.69, 9.17) is 0 Å². The van der Waals surface area contributed by atoms with E-state index in [1.165, 1.54) is 0 Å². The molecular formula is C11H19N4O-. The molecule has 90 valence electrons. The van der Waals surface area contributed by atoms with E-state index in [9.17, 15) is 5.21 Å². The number of aromatic nitrogens is 1. The number of rotatable bonds is 6. The van der Waals surface area contributed by atoms with Gasteiger partial charge in [-0.25, -0.2) is 4.98 Å². The third kappa shape index (κ3) is 2.76. The first kappa shape index (κ1) is 12.6. The molecule has 0 radical (unpaired) electrons. The number of hydrogen-bond acceptors (Lipinski definition) is 5. The molecule has 0 bridgehead atoms. The lowest BCUT2D eigenvalue weighted by Gasteiger charge is -2.30. The van der Waals surface area contributed by atoms with Gasteiger partial charge in [-0.3, -0.25) is 0 Å². The largest absolute Gasteiger partial charge is 0.757 e. The Hall–Kier alpha value is -1.49. The van der Waals surface area contributed by atoms with Crippen molar-refractivity contribution < 1.29 is 0 Å². The monoisotopic (exact) mass is 223 g/mol. The van der Waals surface area contributed by atoms with Crippen LogP contribution in [0.3, 0.4) is 0 Å². The molecule has 1 aromatic heterocycles. The van der Waals surface area contributed by atoms with Crippen molar-refractivity contribution in [3.63, 3.8) is 0 Å². The summed E-state index contributed by atoms with van der Waals surface area (Å²) in [6.07, 6.45) is 1.65. The van der Waals surface area contributed by atoms with E-state index >= 15 is 0 Å². The van der Waals surface area contributed by atoms with Crippen molar-refractivity contribution in [1.29, 1.82) is 0 Å². The Morgan fingerprint density at radius 3 is 2.50 bits per heavy atom. The van der Waals surface area contributed by atoms with E-state index in [-0.39, 0.29) is 0 Å². The summed E-state index contributed by atoms with van der Waals surface area (Å²) in [7, 11) is 0. The summed E-state index contributed by atoms with van der Waals surface area (Å²) in [5, 5.41) is 18.9. The van der Waals surface area contributed by atoms with Crippen molar-refractivity contribution in [2.24, 2.45) is 0 Å². The average Bonchev–Trinajstić information content (AvgIpc) is 2.31. The van der Waals surface area contributed by atoms with Crippen molar-refractivity contribution in [1.82, 2.24) is 4.98 Å². The van der Waals surface area contributed by atoms with Crippen LogP contribution in [0.15, 0.2) is 12.3 Å². The Morgan fingerprint density at radius 1 is 1.25 bits per heavy atom. The minimum atomic E-state index is 0.390. The van der Waals surface area contributed by atoms with Crippen LogP contribution in [0.5, 0.6) is 0 Å². The van der Waals surface area contributed by atoms with Gasteiger partial charge in [-0.05, 0) is 26.8 Å². The minimum Gasteiger partial charge on any atom is -0.757 e. The van der Waals surface area contributed by atoms with Crippen LogP contribution in [-0.4, -0.2) is 24.6 Å². The lowest BCUT2D eigenvalue weighted by atomic mass is 10.3. The molecule has 2 N–H and O–H groups in total. The van der Waals surface area contributed by atoms with Gasteiger partial charge in [-0.1, -0.05) is 0 Å². The molecule has 0 aliphatic carbocycles. The zero-order chi connectivity index (χ0) is 12.0. The van der Waals surface area contributed by atoms with Gasteiger partial charge < -0.3 is 20.9 Å². The highest BCUT2D eigenvalue weighted by molar-refractivity contribution is 5.80. The molecule has 0 spiro atoms. The van der Waals surface area contributed by atoms with Gasteiger partial charge in [0.15, 0.2) is 0 Å². The van der Waals surface area contributed by atoms with Crippen LogP contribution >= 0.6 is 0 Å². The Morgan fingerprint density at radius 2 is 1.94 bits per heavy atom. The maximum Gasteiger partial charge on any atom is 0.143 e. The summed E-state index contributed by atoms with van der Waals surface area (Å²) in [6, 6.07) is 1.87. The van der Waals surface area contributed by atoms with Crippen LogP contribution in [0.2, 0.25) is 0 Å². The van der Waals surface area contributed by atoms with Crippen molar-refractivity contribution in [2.45, 2.75) is 20.8 Å². The summed E-state index contributed by atoms with van der Waals surface area (Å²) in [6.45, 7) is 7.78. The van der Waals surface area contributed by atoms with Crippen LogP contribution in [0, 0.1) is 5.21 Å². The first-order chi connectivity index (χ1) is 7.74. The van der Waals surface area contributed by atoms with Gasteiger partial charge in [0.1, 0.15) is 11.5 Å². The second kappa shape index (κ2) is 6.17. The van der Waals surface area contributed by atoms with Crippen molar-refractivity contribution in [2.75, 3.05) is 35.3 Å². The van der Waals surface area contributed by atoms with Crippen LogP contribution in [0.25, 0.3) is 0 Å². The van der Waals surface area contributed by atoms with E-state index in [0.29, 0.717) is 12.4 Å². The van der Waals surface area contributed by atoms with Crippen LogP contribution in [0.1, 0.15) is 20.8 Å². The molecule has 0 aromatic carbocycles. The molecule has 0 fully saturated rings. The topological polar surface area (TPSA) is 63.2 Å². The summed E-state index contributed by atoms with van der Waals surface area (Å²) in [5.41, 5.74) is 1.70. The Labute approximate surface area is 96.4 Å². The summed E-state index contributed by atoms with van der Waals surface area (Å²) in [5.74, 6) is 0.447. The van der Waals surface area contributed by atoms with Gasteiger partial charge >= 0.3 is 0 Å². The van der Waals surface area contributed by atoms with E-state index in [2.05, 4.69) is 15.6 Å². The summed E-state index contributed by atoms with van der Waals surface area (Å²) in [4.78, 5) is 4.12. The fraction of sp³-hybridized carbons (Fsp3) is 0.545. The average molecular weight is 223 g/mol. The highest BCUT2D eigenvalue weighted by Gasteiger charge is 2.08. The second-order valence-electron chi connectivity index (χ2n) is 3.31. The Kier molecular flexibility index (Phi) is 4.85. The first-order valence-corrected chi connectivity index (χ1v) is 5.65. The molecule has 0 saturated heterocycles. The van der Waals surface area contributed by atoms with Gasteiger partial charge in [-0.15, -0.1) is 0 Å². The zero-order valence-corrected chi connectivity index (χ0v) is 10.1. The smallest absolute Gasteiger partial charge is 0.143 e. The highest BCUT2D eigenvalue weighted by atomic mass is 16.5. The highest BCUT2D eigenvalue weighted by Crippen LogP contribution is 2.30. The Bertz CT molecular complexity index is 330. The standard InChI is InChI=1S/C11H19N4O/c1-4-12-9-7-8-14-11(15(16)6-3)10(9)13-5-2/h7-8,13H,4-6H2,1-3H3,(H,12,14)/q-1. The van der Waals surface area contributed by atoms with Gasteiger partial charge in [0.25, 0.3) is 0 Å². The molecule has 0 atom stereocenters. The molecule has 1 heterocycles. The van der Waals surface area contributed by atoms with E-state index in [1.54, 1.807) is 6.20 Å². The molecule has 0 unspecified atom stereocenters. The van der Waals surface area contributed by atoms with Crippen molar-refractivity contribution in [3.05, 3.63) is 17.5 Å². The number of pyridine rings is 1. The fourth-order valence-electron chi connectivity index (χ4n) is 1.48. The third-order valence-corrected chi connectivity index (χ3v) is 2.18. The molecular weight excluding hydrogens is 204 g/mol. The van der Waals surface area contributed by atoms with Crippen molar-refractivity contribution in [3.8, 4) is 0 Å².